The second-order valence-electron chi connectivity index (χ2n) is 13.8. The van der Waals surface area contributed by atoms with Crippen molar-refractivity contribution in [3.8, 4) is 22.9 Å². The number of rotatable bonds is 3. The molecule has 0 amide bonds. The zero-order chi connectivity index (χ0) is 34.6. The van der Waals surface area contributed by atoms with Crippen molar-refractivity contribution in [3.05, 3.63) is 170 Å². The molecule has 0 N–H and O–H groups in total. The highest BCUT2D eigenvalue weighted by molar-refractivity contribution is 6.22. The molecular formula is C48H28N4O. The molecule has 0 aliphatic rings. The Hall–Kier alpha value is -7.24. The third kappa shape index (κ3) is 3.96. The number of para-hydroxylation sites is 2. The van der Waals surface area contributed by atoms with E-state index in [1.54, 1.807) is 0 Å². The topological polar surface area (TPSA) is 48.8 Å². The van der Waals surface area contributed by atoms with Crippen LogP contribution >= 0.6 is 0 Å². The van der Waals surface area contributed by atoms with Gasteiger partial charge >= 0.3 is 0 Å². The molecule has 0 fully saturated rings. The second kappa shape index (κ2) is 10.6. The third-order valence-electron chi connectivity index (χ3n) is 10.9. The number of aromatic nitrogens is 4. The molecule has 12 aromatic rings. The van der Waals surface area contributed by atoms with Gasteiger partial charge in [0.1, 0.15) is 16.8 Å². The molecule has 0 saturated carbocycles. The van der Waals surface area contributed by atoms with Crippen molar-refractivity contribution in [1.82, 2.24) is 19.1 Å². The number of hydrogen-bond acceptors (Lipinski definition) is 3. The van der Waals surface area contributed by atoms with Gasteiger partial charge in [-0.15, -0.1) is 0 Å². The van der Waals surface area contributed by atoms with Crippen LogP contribution < -0.4 is 0 Å². The maximum Gasteiger partial charge on any atom is 0.236 e. The summed E-state index contributed by atoms with van der Waals surface area (Å²) in [5, 5.41) is 10.3. The Morgan fingerprint density at radius 3 is 1.77 bits per heavy atom. The van der Waals surface area contributed by atoms with Gasteiger partial charge in [0, 0.05) is 43.6 Å². The van der Waals surface area contributed by atoms with Gasteiger partial charge in [0.2, 0.25) is 5.95 Å². The molecule has 4 heterocycles. The van der Waals surface area contributed by atoms with Crippen LogP contribution in [-0.2, 0) is 0 Å². The van der Waals surface area contributed by atoms with Gasteiger partial charge in [-0.3, -0.25) is 4.57 Å². The lowest BCUT2D eigenvalue weighted by Crippen LogP contribution is -2.03. The van der Waals surface area contributed by atoms with Crippen molar-refractivity contribution in [1.29, 1.82) is 0 Å². The standard InChI is InChI=1S/C48H28N4O/c1-2-14-31(15-3-1)44-47-45(37-25-22-30-13-5-7-17-34(30)46(37)53-47)50-48(49-44)52-41-27-24-32(28-38(41)43-33-16-6-4-12-29(33)23-26-42(43)52)51-39-20-10-8-18-35(39)36-19-9-11-21-40(36)51/h1-28H. The van der Waals surface area contributed by atoms with Crippen molar-refractivity contribution in [3.63, 3.8) is 0 Å². The quantitative estimate of drug-likeness (QED) is 0.187. The molecule has 8 aromatic carbocycles. The summed E-state index contributed by atoms with van der Waals surface area (Å²) in [7, 11) is 0. The van der Waals surface area contributed by atoms with Crippen molar-refractivity contribution in [2.45, 2.75) is 0 Å². The van der Waals surface area contributed by atoms with E-state index in [4.69, 9.17) is 14.4 Å². The molecule has 0 aliphatic heterocycles. The summed E-state index contributed by atoms with van der Waals surface area (Å²) in [6.45, 7) is 0. The molecule has 0 radical (unpaired) electrons. The predicted molar refractivity (Wildman–Crippen MR) is 218 cm³/mol. The van der Waals surface area contributed by atoms with Crippen LogP contribution in [0.2, 0.25) is 0 Å². The smallest absolute Gasteiger partial charge is 0.236 e. The molecular weight excluding hydrogens is 649 g/mol. The van der Waals surface area contributed by atoms with E-state index in [0.29, 0.717) is 11.5 Å². The maximum atomic E-state index is 6.75. The van der Waals surface area contributed by atoms with E-state index in [0.717, 1.165) is 60.6 Å². The first-order valence-corrected chi connectivity index (χ1v) is 17.9. The lowest BCUT2D eigenvalue weighted by Gasteiger charge is -2.11. The lowest BCUT2D eigenvalue weighted by molar-refractivity contribution is 0.670. The molecule has 0 unspecified atom stereocenters. The largest absolute Gasteiger partial charge is 0.451 e. The van der Waals surface area contributed by atoms with Gasteiger partial charge in [0.15, 0.2) is 5.58 Å². The second-order valence-corrected chi connectivity index (χ2v) is 13.8. The van der Waals surface area contributed by atoms with Gasteiger partial charge in [-0.05, 0) is 58.6 Å². The monoisotopic (exact) mass is 676 g/mol. The first-order valence-electron chi connectivity index (χ1n) is 17.9. The zero-order valence-electron chi connectivity index (χ0n) is 28.4. The highest BCUT2D eigenvalue weighted by Gasteiger charge is 2.23. The summed E-state index contributed by atoms with van der Waals surface area (Å²) >= 11 is 0. The molecule has 5 heteroatoms. The molecule has 4 aromatic heterocycles. The summed E-state index contributed by atoms with van der Waals surface area (Å²) in [5.74, 6) is 0.604. The molecule has 5 nitrogen and oxygen atoms in total. The average molecular weight is 677 g/mol. The molecule has 246 valence electrons. The minimum Gasteiger partial charge on any atom is -0.451 e. The van der Waals surface area contributed by atoms with Gasteiger partial charge in [0.25, 0.3) is 0 Å². The van der Waals surface area contributed by atoms with E-state index < -0.39 is 0 Å². The SMILES string of the molecule is c1ccc(-c2nc(-n3c4ccc(-n5c6ccccc6c6ccccc65)cc4c4c5ccccc5ccc43)nc3c2oc2c4ccccc4ccc32)cc1. The summed E-state index contributed by atoms with van der Waals surface area (Å²) in [4.78, 5) is 10.8. The van der Waals surface area contributed by atoms with E-state index >= 15 is 0 Å². The normalized spacial score (nSPS) is 12.2. The van der Waals surface area contributed by atoms with E-state index in [2.05, 4.69) is 161 Å². The first-order chi connectivity index (χ1) is 26.3. The summed E-state index contributed by atoms with van der Waals surface area (Å²) in [6.07, 6.45) is 0. The first kappa shape index (κ1) is 28.5. The molecule has 0 bridgehead atoms. The third-order valence-corrected chi connectivity index (χ3v) is 10.9. The Morgan fingerprint density at radius 1 is 0.396 bits per heavy atom. The fourth-order valence-electron chi connectivity index (χ4n) is 8.58. The van der Waals surface area contributed by atoms with Crippen LogP contribution in [0.25, 0.3) is 110 Å². The molecule has 0 saturated heterocycles. The highest BCUT2D eigenvalue weighted by atomic mass is 16.3. The van der Waals surface area contributed by atoms with Crippen molar-refractivity contribution >= 4 is 87.2 Å². The lowest BCUT2D eigenvalue weighted by atomic mass is 10.0. The van der Waals surface area contributed by atoms with Crippen molar-refractivity contribution < 1.29 is 4.42 Å². The van der Waals surface area contributed by atoms with Gasteiger partial charge in [-0.25, -0.2) is 9.97 Å². The van der Waals surface area contributed by atoms with E-state index in [-0.39, 0.29) is 0 Å². The fourth-order valence-corrected chi connectivity index (χ4v) is 8.58. The highest BCUT2D eigenvalue weighted by Crippen LogP contribution is 2.42. The van der Waals surface area contributed by atoms with Crippen LogP contribution in [0.5, 0.6) is 0 Å². The van der Waals surface area contributed by atoms with E-state index in [9.17, 15) is 0 Å². The van der Waals surface area contributed by atoms with Crippen LogP contribution in [-0.4, -0.2) is 19.1 Å². The van der Waals surface area contributed by atoms with Crippen LogP contribution in [0, 0.1) is 0 Å². The summed E-state index contributed by atoms with van der Waals surface area (Å²) < 4.78 is 11.4. The number of hydrogen-bond donors (Lipinski definition) is 0. The number of benzene rings is 8. The van der Waals surface area contributed by atoms with E-state index in [1.807, 2.05) is 18.2 Å². The van der Waals surface area contributed by atoms with Gasteiger partial charge in [-0.1, -0.05) is 127 Å². The number of furan rings is 1. The fraction of sp³-hybridized carbons (Fsp3) is 0. The molecule has 0 aliphatic carbocycles. The summed E-state index contributed by atoms with van der Waals surface area (Å²) in [5.41, 5.74) is 9.62. The maximum absolute atomic E-state index is 6.75. The molecule has 53 heavy (non-hydrogen) atoms. The summed E-state index contributed by atoms with van der Waals surface area (Å²) in [6, 6.07) is 60.1. The minimum atomic E-state index is 0.604. The Bertz CT molecular complexity index is 3410. The van der Waals surface area contributed by atoms with Crippen molar-refractivity contribution in [2.75, 3.05) is 0 Å². The number of nitrogens with zero attached hydrogens (tertiary/aromatic N) is 4. The Labute approximate surface area is 302 Å². The van der Waals surface area contributed by atoms with Gasteiger partial charge < -0.3 is 8.98 Å². The Kier molecular flexibility index (Phi) is 5.71. The predicted octanol–water partition coefficient (Wildman–Crippen LogP) is 12.5. The van der Waals surface area contributed by atoms with Crippen LogP contribution in [0.4, 0.5) is 0 Å². The Morgan fingerprint density at radius 2 is 1.00 bits per heavy atom. The minimum absolute atomic E-state index is 0.604. The molecule has 0 spiro atoms. The molecule has 12 rings (SSSR count). The van der Waals surface area contributed by atoms with Crippen LogP contribution in [0.15, 0.2) is 174 Å². The van der Waals surface area contributed by atoms with Crippen LogP contribution in [0.3, 0.4) is 0 Å². The zero-order valence-corrected chi connectivity index (χ0v) is 28.4. The molecule has 0 atom stereocenters. The average Bonchev–Trinajstić information content (AvgIpc) is 3.88. The van der Waals surface area contributed by atoms with E-state index in [1.165, 1.54) is 38.0 Å². The van der Waals surface area contributed by atoms with Gasteiger partial charge in [0.05, 0.1) is 22.1 Å². The number of fused-ring (bicyclic) bond motifs is 13. The Balaban J connectivity index is 1.21. The van der Waals surface area contributed by atoms with Gasteiger partial charge in [-0.2, -0.15) is 0 Å². The van der Waals surface area contributed by atoms with Crippen LogP contribution in [0.1, 0.15) is 0 Å². The van der Waals surface area contributed by atoms with Crippen molar-refractivity contribution in [2.24, 2.45) is 0 Å².